The van der Waals surface area contributed by atoms with E-state index in [-0.39, 0.29) is 0 Å². The summed E-state index contributed by atoms with van der Waals surface area (Å²) in [6, 6.07) is 24.6. The lowest BCUT2D eigenvalue weighted by Gasteiger charge is -2.07. The molecule has 0 heterocycles. The average Bonchev–Trinajstić information content (AvgIpc) is 2.56. The van der Waals surface area contributed by atoms with Crippen molar-refractivity contribution in [3.05, 3.63) is 95.5 Å². The molecule has 0 aromatic heterocycles. The standard InChI is InChI=1S/C20H16S/c1-15-7-9-16(10-8-15)17-11-13-19(14-12-17)20(21)18-5-3-2-4-6-18/h2-14H,1H3/i5D. The van der Waals surface area contributed by atoms with Crippen LogP contribution in [0.25, 0.3) is 11.1 Å². The van der Waals surface area contributed by atoms with E-state index in [1.807, 2.05) is 30.3 Å². The van der Waals surface area contributed by atoms with Crippen LogP contribution >= 0.6 is 12.2 Å². The van der Waals surface area contributed by atoms with Gasteiger partial charge in [-0.3, -0.25) is 0 Å². The first-order chi connectivity index (χ1) is 10.6. The zero-order chi connectivity index (χ0) is 15.5. The molecule has 0 amide bonds. The van der Waals surface area contributed by atoms with E-state index in [2.05, 4.69) is 43.3 Å². The van der Waals surface area contributed by atoms with Crippen LogP contribution in [0, 0.1) is 6.92 Å². The van der Waals surface area contributed by atoms with E-state index in [4.69, 9.17) is 13.6 Å². The Balaban J connectivity index is 1.90. The second-order valence-corrected chi connectivity index (χ2v) is 5.46. The van der Waals surface area contributed by atoms with Gasteiger partial charge in [0.05, 0.1) is 6.24 Å². The second kappa shape index (κ2) is 6.02. The van der Waals surface area contributed by atoms with Crippen LogP contribution in [0.1, 0.15) is 18.1 Å². The van der Waals surface area contributed by atoms with Crippen molar-refractivity contribution in [2.45, 2.75) is 6.92 Å². The van der Waals surface area contributed by atoms with Gasteiger partial charge in [-0.15, -0.1) is 0 Å². The first-order valence-electron chi connectivity index (χ1n) is 7.42. The molecule has 0 unspecified atom stereocenters. The Morgan fingerprint density at radius 1 is 0.762 bits per heavy atom. The molecule has 3 aromatic carbocycles. The number of hydrogen-bond acceptors (Lipinski definition) is 1. The van der Waals surface area contributed by atoms with Gasteiger partial charge in [0.15, 0.2) is 0 Å². The molecule has 0 spiro atoms. The largest absolute Gasteiger partial charge is 0.0788 e. The Hall–Kier alpha value is -2.25. The van der Waals surface area contributed by atoms with Crippen molar-refractivity contribution in [2.24, 2.45) is 0 Å². The highest BCUT2D eigenvalue weighted by Gasteiger charge is 2.04. The maximum absolute atomic E-state index is 7.96. The average molecular weight is 289 g/mol. The van der Waals surface area contributed by atoms with Crippen LogP contribution in [0.15, 0.2) is 78.8 Å². The summed E-state index contributed by atoms with van der Waals surface area (Å²) >= 11 is 5.53. The van der Waals surface area contributed by atoms with Crippen LogP contribution in [0.5, 0.6) is 0 Å². The van der Waals surface area contributed by atoms with Gasteiger partial charge in [-0.25, -0.2) is 0 Å². The minimum absolute atomic E-state index is 0.468. The molecule has 21 heavy (non-hydrogen) atoms. The fraction of sp³-hybridized carbons (Fsp3) is 0.0500. The number of aryl methyl sites for hydroxylation is 1. The van der Waals surface area contributed by atoms with E-state index < -0.39 is 0 Å². The summed E-state index contributed by atoms with van der Waals surface area (Å²) in [7, 11) is 0. The lowest BCUT2D eigenvalue weighted by atomic mass is 10.00. The highest BCUT2D eigenvalue weighted by molar-refractivity contribution is 7.81. The van der Waals surface area contributed by atoms with Crippen LogP contribution in [-0.2, 0) is 0 Å². The normalized spacial score (nSPS) is 11.0. The highest BCUT2D eigenvalue weighted by atomic mass is 32.1. The molecule has 0 radical (unpaired) electrons. The van der Waals surface area contributed by atoms with E-state index in [1.165, 1.54) is 16.7 Å². The molecule has 3 rings (SSSR count). The van der Waals surface area contributed by atoms with Gasteiger partial charge < -0.3 is 0 Å². The minimum Gasteiger partial charge on any atom is -0.0788 e. The second-order valence-electron chi connectivity index (χ2n) is 5.05. The van der Waals surface area contributed by atoms with Crippen LogP contribution in [-0.4, -0.2) is 4.86 Å². The number of hydrogen-bond donors (Lipinski definition) is 0. The summed E-state index contributed by atoms with van der Waals surface area (Å²) < 4.78 is 7.96. The predicted octanol–water partition coefficient (Wildman–Crippen LogP) is 5.43. The first kappa shape index (κ1) is 12.5. The fourth-order valence-electron chi connectivity index (χ4n) is 2.25. The Morgan fingerprint density at radius 2 is 1.38 bits per heavy atom. The third-order valence-electron chi connectivity index (χ3n) is 3.49. The molecule has 0 saturated heterocycles. The maximum atomic E-state index is 7.96. The molecule has 0 aliphatic heterocycles. The zero-order valence-electron chi connectivity index (χ0n) is 12.8. The summed E-state index contributed by atoms with van der Waals surface area (Å²) in [5.41, 5.74) is 5.41. The molecule has 0 N–H and O–H groups in total. The van der Waals surface area contributed by atoms with Crippen LogP contribution in [0.2, 0.25) is 0 Å². The Bertz CT molecular complexity index is 802. The van der Waals surface area contributed by atoms with Crippen molar-refractivity contribution in [3.8, 4) is 11.1 Å². The topological polar surface area (TPSA) is 0 Å². The molecule has 102 valence electrons. The Labute approximate surface area is 132 Å². The fourth-order valence-corrected chi connectivity index (χ4v) is 2.51. The lowest BCUT2D eigenvalue weighted by Crippen LogP contribution is -1.98. The van der Waals surface area contributed by atoms with Gasteiger partial charge in [0.25, 0.3) is 0 Å². The summed E-state index contributed by atoms with van der Waals surface area (Å²) in [6.07, 6.45) is 0. The van der Waals surface area contributed by atoms with E-state index in [1.54, 1.807) is 6.07 Å². The molecule has 0 aliphatic carbocycles. The number of benzene rings is 3. The molecule has 1 heteroatoms. The highest BCUT2D eigenvalue weighted by Crippen LogP contribution is 2.21. The predicted molar refractivity (Wildman–Crippen MR) is 93.9 cm³/mol. The molecule has 0 fully saturated rings. The molecule has 3 aromatic rings. The summed E-state index contributed by atoms with van der Waals surface area (Å²) in [5.74, 6) is 0. The zero-order valence-corrected chi connectivity index (χ0v) is 12.7. The van der Waals surface area contributed by atoms with Crippen molar-refractivity contribution < 1.29 is 1.37 Å². The van der Waals surface area contributed by atoms with Gasteiger partial charge in [-0.2, -0.15) is 0 Å². The van der Waals surface area contributed by atoms with Gasteiger partial charge in [0.2, 0.25) is 0 Å². The van der Waals surface area contributed by atoms with E-state index in [0.29, 0.717) is 6.04 Å². The molecule has 0 aliphatic rings. The summed E-state index contributed by atoms with van der Waals surface area (Å²) in [4.78, 5) is 0.723. The van der Waals surface area contributed by atoms with Crippen molar-refractivity contribution in [1.82, 2.24) is 0 Å². The van der Waals surface area contributed by atoms with Crippen molar-refractivity contribution in [2.75, 3.05) is 0 Å². The molecule has 0 bridgehead atoms. The van der Waals surface area contributed by atoms with Gasteiger partial charge >= 0.3 is 0 Å². The van der Waals surface area contributed by atoms with E-state index >= 15 is 0 Å². The monoisotopic (exact) mass is 289 g/mol. The van der Waals surface area contributed by atoms with Crippen molar-refractivity contribution >= 4 is 17.1 Å². The Morgan fingerprint density at radius 3 is 2.00 bits per heavy atom. The molecular weight excluding hydrogens is 272 g/mol. The number of thiocarbonyl (C=S) groups is 1. The lowest BCUT2D eigenvalue weighted by molar-refractivity contribution is 1.47. The maximum Gasteiger partial charge on any atom is 0.0630 e. The SMILES string of the molecule is [2H]c1ccccc1C(=S)c1ccc(-c2ccc(C)cc2)cc1. The molecule has 0 nitrogen and oxygen atoms in total. The third kappa shape index (κ3) is 3.09. The van der Waals surface area contributed by atoms with Gasteiger partial charge in [-0.05, 0) is 29.2 Å². The van der Waals surface area contributed by atoms with Crippen molar-refractivity contribution in [1.29, 1.82) is 0 Å². The molecular formula is C20H16S. The smallest absolute Gasteiger partial charge is 0.0630 e. The van der Waals surface area contributed by atoms with Crippen LogP contribution in [0.3, 0.4) is 0 Å². The van der Waals surface area contributed by atoms with E-state index in [0.717, 1.165) is 16.0 Å². The van der Waals surface area contributed by atoms with E-state index in [9.17, 15) is 0 Å². The summed E-state index contributed by atoms with van der Waals surface area (Å²) in [5, 5.41) is 0. The molecule has 0 atom stereocenters. The van der Waals surface area contributed by atoms with Crippen LogP contribution in [0.4, 0.5) is 0 Å². The van der Waals surface area contributed by atoms with Crippen LogP contribution < -0.4 is 0 Å². The van der Waals surface area contributed by atoms with Crippen molar-refractivity contribution in [3.63, 3.8) is 0 Å². The quantitative estimate of drug-likeness (QED) is 0.458. The molecule has 0 saturated carbocycles. The number of rotatable bonds is 3. The first-order valence-corrected chi connectivity index (χ1v) is 7.33. The Kier molecular flexibility index (Phi) is 3.58. The van der Waals surface area contributed by atoms with Gasteiger partial charge in [0.1, 0.15) is 0 Å². The van der Waals surface area contributed by atoms with Gasteiger partial charge in [0, 0.05) is 0 Å². The summed E-state index contributed by atoms with van der Waals surface area (Å²) in [6.45, 7) is 2.09. The van der Waals surface area contributed by atoms with Gasteiger partial charge in [-0.1, -0.05) is 96.6 Å². The minimum atomic E-state index is 0.468. The third-order valence-corrected chi connectivity index (χ3v) is 3.94.